The van der Waals surface area contributed by atoms with E-state index in [1.807, 2.05) is 0 Å². The van der Waals surface area contributed by atoms with Crippen molar-refractivity contribution in [2.75, 3.05) is 49.6 Å². The van der Waals surface area contributed by atoms with Gasteiger partial charge in [-0.1, -0.05) is 0 Å². The number of carbonyl (C=O) groups excluding carboxylic acids is 3. The van der Waals surface area contributed by atoms with Crippen LogP contribution in [0.5, 0.6) is 0 Å². The summed E-state index contributed by atoms with van der Waals surface area (Å²) < 4.78 is 5.31. The minimum absolute atomic E-state index is 0.162. The number of morpholine rings is 1. The Balaban J connectivity index is 1.55. The van der Waals surface area contributed by atoms with Crippen molar-refractivity contribution in [2.24, 2.45) is 0 Å². The van der Waals surface area contributed by atoms with Gasteiger partial charge in [-0.3, -0.25) is 19.3 Å². The first-order valence-electron chi connectivity index (χ1n) is 8.82. The van der Waals surface area contributed by atoms with Gasteiger partial charge in [-0.05, 0) is 24.3 Å². The molecule has 2 heterocycles. The Bertz CT molecular complexity index is 670. The molecule has 0 aromatic heterocycles. The van der Waals surface area contributed by atoms with Gasteiger partial charge in [0.25, 0.3) is 5.91 Å². The van der Waals surface area contributed by atoms with Crippen LogP contribution < -0.4 is 15.5 Å². The third kappa shape index (κ3) is 4.46. The van der Waals surface area contributed by atoms with E-state index in [9.17, 15) is 14.4 Å². The van der Waals surface area contributed by atoms with E-state index in [0.29, 0.717) is 17.9 Å². The number of anilines is 2. The highest BCUT2D eigenvalue weighted by atomic mass is 16.5. The number of ether oxygens (including phenoxy) is 1. The van der Waals surface area contributed by atoms with Crippen LogP contribution >= 0.6 is 0 Å². The van der Waals surface area contributed by atoms with Gasteiger partial charge < -0.3 is 15.4 Å². The van der Waals surface area contributed by atoms with Crippen LogP contribution in [0.1, 0.15) is 13.3 Å². The summed E-state index contributed by atoms with van der Waals surface area (Å²) in [7, 11) is 0. The average Bonchev–Trinajstić information content (AvgIpc) is 2.90. The third-order valence-corrected chi connectivity index (χ3v) is 4.51. The van der Waals surface area contributed by atoms with Crippen LogP contribution in [0.25, 0.3) is 0 Å². The number of hydrogen-bond acceptors (Lipinski definition) is 6. The molecule has 0 aliphatic carbocycles. The molecule has 1 atom stereocenters. The van der Waals surface area contributed by atoms with E-state index in [2.05, 4.69) is 15.5 Å². The maximum atomic E-state index is 12.6. The van der Waals surface area contributed by atoms with Crippen LogP contribution in [0.15, 0.2) is 24.3 Å². The van der Waals surface area contributed by atoms with Gasteiger partial charge in [0.1, 0.15) is 0 Å². The summed E-state index contributed by atoms with van der Waals surface area (Å²) in [6.07, 6.45) is 0.162. The van der Waals surface area contributed by atoms with Crippen molar-refractivity contribution < 1.29 is 19.1 Å². The Labute approximate surface area is 152 Å². The molecule has 0 unspecified atom stereocenters. The van der Waals surface area contributed by atoms with Crippen molar-refractivity contribution in [3.8, 4) is 0 Å². The molecule has 26 heavy (non-hydrogen) atoms. The number of imide groups is 1. The number of hydrogen-bond donors (Lipinski definition) is 2. The topological polar surface area (TPSA) is 91.0 Å². The fourth-order valence-electron chi connectivity index (χ4n) is 3.18. The lowest BCUT2D eigenvalue weighted by Crippen LogP contribution is -2.44. The number of nitrogens with zero attached hydrogens (tertiary/aromatic N) is 2. The highest BCUT2D eigenvalue weighted by Crippen LogP contribution is 2.24. The van der Waals surface area contributed by atoms with E-state index < -0.39 is 6.04 Å². The lowest BCUT2D eigenvalue weighted by Gasteiger charge is -2.27. The Hall–Kier alpha value is -2.29. The van der Waals surface area contributed by atoms with Gasteiger partial charge in [0, 0.05) is 38.8 Å². The van der Waals surface area contributed by atoms with E-state index in [-0.39, 0.29) is 24.1 Å². The monoisotopic (exact) mass is 360 g/mol. The molecular formula is C18H24N4O4. The van der Waals surface area contributed by atoms with Crippen LogP contribution in [0.2, 0.25) is 0 Å². The summed E-state index contributed by atoms with van der Waals surface area (Å²) in [5, 5.41) is 5.85. The number of benzene rings is 1. The highest BCUT2D eigenvalue weighted by Gasteiger charge is 2.39. The van der Waals surface area contributed by atoms with Crippen LogP contribution in [-0.2, 0) is 19.1 Å². The zero-order chi connectivity index (χ0) is 18.5. The molecule has 1 aromatic carbocycles. The van der Waals surface area contributed by atoms with E-state index in [4.69, 9.17) is 4.74 Å². The second kappa shape index (κ2) is 8.39. The Morgan fingerprint density at radius 2 is 1.88 bits per heavy atom. The SMILES string of the molecule is CC(=O)Nc1ccc(N2C(=O)C[C@@H](NCCN3CCOCC3)C2=O)cc1. The molecule has 2 aliphatic heterocycles. The largest absolute Gasteiger partial charge is 0.379 e. The lowest BCUT2D eigenvalue weighted by atomic mass is 10.2. The van der Waals surface area contributed by atoms with Crippen molar-refractivity contribution in [3.05, 3.63) is 24.3 Å². The van der Waals surface area contributed by atoms with E-state index in [0.717, 1.165) is 32.8 Å². The lowest BCUT2D eigenvalue weighted by molar-refractivity contribution is -0.121. The minimum Gasteiger partial charge on any atom is -0.379 e. The Kier molecular flexibility index (Phi) is 5.97. The molecule has 1 aromatic rings. The Morgan fingerprint density at radius 1 is 1.19 bits per heavy atom. The van der Waals surface area contributed by atoms with Crippen LogP contribution in [0.4, 0.5) is 11.4 Å². The quantitative estimate of drug-likeness (QED) is 0.705. The molecule has 2 saturated heterocycles. The maximum absolute atomic E-state index is 12.6. The zero-order valence-corrected chi connectivity index (χ0v) is 14.9. The van der Waals surface area contributed by atoms with E-state index >= 15 is 0 Å². The minimum atomic E-state index is -0.487. The van der Waals surface area contributed by atoms with E-state index in [1.54, 1.807) is 24.3 Å². The summed E-state index contributed by atoms with van der Waals surface area (Å²) in [5.41, 5.74) is 1.15. The number of amides is 3. The first-order chi connectivity index (χ1) is 12.5. The average molecular weight is 360 g/mol. The predicted molar refractivity (Wildman–Crippen MR) is 96.9 cm³/mol. The van der Waals surface area contributed by atoms with Crippen molar-refractivity contribution >= 4 is 29.1 Å². The van der Waals surface area contributed by atoms with Crippen molar-refractivity contribution in [1.29, 1.82) is 0 Å². The molecule has 3 amide bonds. The zero-order valence-electron chi connectivity index (χ0n) is 14.9. The summed E-state index contributed by atoms with van der Waals surface area (Å²) >= 11 is 0. The van der Waals surface area contributed by atoms with Gasteiger partial charge in [0.05, 0.1) is 31.4 Å². The molecule has 0 radical (unpaired) electrons. The van der Waals surface area contributed by atoms with E-state index in [1.165, 1.54) is 11.8 Å². The number of rotatable bonds is 6. The summed E-state index contributed by atoms with van der Waals surface area (Å²) in [4.78, 5) is 39.4. The first kappa shape index (κ1) is 18.5. The Morgan fingerprint density at radius 3 is 2.54 bits per heavy atom. The summed E-state index contributed by atoms with van der Waals surface area (Å²) in [6.45, 7) is 6.17. The second-order valence-electron chi connectivity index (χ2n) is 6.46. The molecule has 140 valence electrons. The van der Waals surface area contributed by atoms with Gasteiger partial charge in [0.2, 0.25) is 11.8 Å². The molecule has 2 aliphatic rings. The van der Waals surface area contributed by atoms with Gasteiger partial charge in [-0.15, -0.1) is 0 Å². The molecule has 3 rings (SSSR count). The molecule has 8 nitrogen and oxygen atoms in total. The highest BCUT2D eigenvalue weighted by molar-refractivity contribution is 6.22. The molecule has 0 saturated carbocycles. The molecule has 2 fully saturated rings. The molecule has 2 N–H and O–H groups in total. The standard InChI is InChI=1S/C18H24N4O4/c1-13(23)20-14-2-4-15(5-3-14)22-17(24)12-16(18(22)25)19-6-7-21-8-10-26-11-9-21/h2-5,16,19H,6-12H2,1H3,(H,20,23)/t16-/m1/s1. The first-order valence-corrected chi connectivity index (χ1v) is 8.82. The normalized spacial score (nSPS) is 21.3. The summed E-state index contributed by atoms with van der Waals surface area (Å²) in [5.74, 6) is -0.619. The molecule has 0 bridgehead atoms. The van der Waals surface area contributed by atoms with Gasteiger partial charge >= 0.3 is 0 Å². The summed E-state index contributed by atoms with van der Waals surface area (Å²) in [6, 6.07) is 6.19. The van der Waals surface area contributed by atoms with Crippen molar-refractivity contribution in [2.45, 2.75) is 19.4 Å². The molecular weight excluding hydrogens is 336 g/mol. The van der Waals surface area contributed by atoms with Crippen LogP contribution in [0, 0.1) is 0 Å². The van der Waals surface area contributed by atoms with Crippen molar-refractivity contribution in [3.63, 3.8) is 0 Å². The number of carbonyl (C=O) groups is 3. The number of nitrogens with one attached hydrogen (secondary N) is 2. The molecule has 8 heteroatoms. The predicted octanol–water partition coefficient (Wildman–Crippen LogP) is 0.199. The fourth-order valence-corrected chi connectivity index (χ4v) is 3.18. The fraction of sp³-hybridized carbons (Fsp3) is 0.500. The van der Waals surface area contributed by atoms with Gasteiger partial charge in [-0.25, -0.2) is 4.90 Å². The second-order valence-corrected chi connectivity index (χ2v) is 6.46. The third-order valence-electron chi connectivity index (χ3n) is 4.51. The smallest absolute Gasteiger partial charge is 0.251 e. The van der Waals surface area contributed by atoms with Crippen LogP contribution in [0.3, 0.4) is 0 Å². The van der Waals surface area contributed by atoms with Gasteiger partial charge in [-0.2, -0.15) is 0 Å². The van der Waals surface area contributed by atoms with Crippen LogP contribution in [-0.4, -0.2) is 68.1 Å². The van der Waals surface area contributed by atoms with Crippen molar-refractivity contribution in [1.82, 2.24) is 10.2 Å². The maximum Gasteiger partial charge on any atom is 0.251 e. The molecule has 0 spiro atoms. The van der Waals surface area contributed by atoms with Gasteiger partial charge in [0.15, 0.2) is 0 Å².